The Morgan fingerprint density at radius 2 is 1.82 bits per heavy atom. The van der Waals surface area contributed by atoms with Crippen LogP contribution in [-0.2, 0) is 6.42 Å². The molecule has 0 bridgehead atoms. The van der Waals surface area contributed by atoms with E-state index in [9.17, 15) is 0 Å². The van der Waals surface area contributed by atoms with Gasteiger partial charge in [-0.1, -0.05) is 61.0 Å². The van der Waals surface area contributed by atoms with E-state index in [1.807, 2.05) is 24.4 Å². The Balaban J connectivity index is 1.66. The lowest BCUT2D eigenvalue weighted by Gasteiger charge is -2.13. The Morgan fingerprint density at radius 1 is 1.00 bits per heavy atom. The molecule has 0 saturated carbocycles. The van der Waals surface area contributed by atoms with Crippen molar-refractivity contribution in [1.82, 2.24) is 4.98 Å². The van der Waals surface area contributed by atoms with E-state index in [1.54, 1.807) is 0 Å². The molecule has 0 spiro atoms. The molecule has 1 atom stereocenters. The van der Waals surface area contributed by atoms with Crippen molar-refractivity contribution in [3.8, 4) is 0 Å². The summed E-state index contributed by atoms with van der Waals surface area (Å²) in [6.07, 6.45) is 5.20. The highest BCUT2D eigenvalue weighted by Crippen LogP contribution is 2.28. The average molecular weight is 310 g/mol. The SMILES string of the molecule is CC(CCCc1cccc2cccnc12)c1ccccc1Cl. The minimum absolute atomic E-state index is 0.483. The van der Waals surface area contributed by atoms with E-state index in [0.717, 1.165) is 29.8 Å². The number of benzene rings is 2. The number of rotatable bonds is 5. The number of aromatic nitrogens is 1. The second kappa shape index (κ2) is 6.93. The maximum atomic E-state index is 6.28. The summed E-state index contributed by atoms with van der Waals surface area (Å²) in [6, 6.07) is 18.7. The number of hydrogen-bond acceptors (Lipinski definition) is 1. The first-order chi connectivity index (χ1) is 10.8. The Morgan fingerprint density at radius 3 is 2.68 bits per heavy atom. The zero-order valence-corrected chi connectivity index (χ0v) is 13.6. The topological polar surface area (TPSA) is 12.9 Å². The van der Waals surface area contributed by atoms with Crippen molar-refractivity contribution >= 4 is 22.5 Å². The van der Waals surface area contributed by atoms with Gasteiger partial charge in [-0.05, 0) is 48.4 Å². The van der Waals surface area contributed by atoms with E-state index in [4.69, 9.17) is 11.6 Å². The second-order valence-corrected chi connectivity index (χ2v) is 6.21. The summed E-state index contributed by atoms with van der Waals surface area (Å²) in [6.45, 7) is 2.25. The first-order valence-corrected chi connectivity index (χ1v) is 8.20. The fourth-order valence-corrected chi connectivity index (χ4v) is 3.32. The molecule has 3 aromatic rings. The lowest BCUT2D eigenvalue weighted by Crippen LogP contribution is -1.97. The normalized spacial score (nSPS) is 12.5. The van der Waals surface area contributed by atoms with E-state index in [0.29, 0.717) is 5.92 Å². The van der Waals surface area contributed by atoms with Crippen molar-refractivity contribution in [2.24, 2.45) is 0 Å². The third-order valence-corrected chi connectivity index (χ3v) is 4.58. The molecule has 0 fully saturated rings. The van der Waals surface area contributed by atoms with Gasteiger partial charge in [0.05, 0.1) is 5.52 Å². The van der Waals surface area contributed by atoms with Crippen molar-refractivity contribution in [1.29, 1.82) is 0 Å². The van der Waals surface area contributed by atoms with Crippen LogP contribution >= 0.6 is 11.6 Å². The van der Waals surface area contributed by atoms with E-state index < -0.39 is 0 Å². The number of pyridine rings is 1. The molecule has 1 unspecified atom stereocenters. The van der Waals surface area contributed by atoms with Crippen LogP contribution in [0.2, 0.25) is 5.02 Å². The lowest BCUT2D eigenvalue weighted by atomic mass is 9.94. The van der Waals surface area contributed by atoms with Crippen LogP contribution in [-0.4, -0.2) is 4.98 Å². The summed E-state index contributed by atoms with van der Waals surface area (Å²) in [7, 11) is 0. The predicted octanol–water partition coefficient (Wildman–Crippen LogP) is 6.01. The summed E-state index contributed by atoms with van der Waals surface area (Å²) in [5.41, 5.74) is 3.72. The fraction of sp³-hybridized carbons (Fsp3) is 0.250. The van der Waals surface area contributed by atoms with Gasteiger partial charge < -0.3 is 0 Å². The van der Waals surface area contributed by atoms with Crippen LogP contribution in [0.3, 0.4) is 0 Å². The van der Waals surface area contributed by atoms with Crippen molar-refractivity contribution < 1.29 is 0 Å². The number of aryl methyl sites for hydroxylation is 1. The summed E-state index contributed by atoms with van der Waals surface area (Å²) in [4.78, 5) is 4.53. The number of halogens is 1. The molecule has 0 amide bonds. The number of nitrogens with zero attached hydrogens (tertiary/aromatic N) is 1. The van der Waals surface area contributed by atoms with Crippen molar-refractivity contribution in [2.75, 3.05) is 0 Å². The molecule has 0 aliphatic rings. The molecule has 1 nitrogen and oxygen atoms in total. The molecule has 22 heavy (non-hydrogen) atoms. The van der Waals surface area contributed by atoms with Gasteiger partial charge in [0.1, 0.15) is 0 Å². The van der Waals surface area contributed by atoms with Gasteiger partial charge in [-0.2, -0.15) is 0 Å². The van der Waals surface area contributed by atoms with Gasteiger partial charge in [0.15, 0.2) is 0 Å². The third kappa shape index (κ3) is 3.31. The van der Waals surface area contributed by atoms with Crippen LogP contribution < -0.4 is 0 Å². The van der Waals surface area contributed by atoms with Gasteiger partial charge in [0.2, 0.25) is 0 Å². The smallest absolute Gasteiger partial charge is 0.0733 e. The summed E-state index contributed by atoms with van der Waals surface area (Å²) in [5, 5.41) is 2.10. The lowest BCUT2D eigenvalue weighted by molar-refractivity contribution is 0.634. The Labute approximate surface area is 137 Å². The van der Waals surface area contributed by atoms with Gasteiger partial charge in [0.25, 0.3) is 0 Å². The standard InChI is InChI=1S/C20H20ClN/c1-15(18-12-2-3-13-19(18)21)7-4-8-16-9-5-10-17-11-6-14-22-20(16)17/h2-3,5-6,9-15H,4,7-8H2,1H3. The van der Waals surface area contributed by atoms with Gasteiger partial charge in [-0.15, -0.1) is 0 Å². The molecule has 3 rings (SSSR count). The van der Waals surface area contributed by atoms with Crippen LogP contribution in [0.15, 0.2) is 60.8 Å². The highest BCUT2D eigenvalue weighted by atomic mass is 35.5. The molecule has 0 saturated heterocycles. The van der Waals surface area contributed by atoms with Gasteiger partial charge in [-0.25, -0.2) is 0 Å². The quantitative estimate of drug-likeness (QED) is 0.562. The van der Waals surface area contributed by atoms with Gasteiger partial charge >= 0.3 is 0 Å². The van der Waals surface area contributed by atoms with Crippen LogP contribution in [0.4, 0.5) is 0 Å². The maximum absolute atomic E-state index is 6.28. The van der Waals surface area contributed by atoms with Crippen LogP contribution in [0.1, 0.15) is 36.8 Å². The van der Waals surface area contributed by atoms with Gasteiger partial charge in [0, 0.05) is 16.6 Å². The molecule has 2 heteroatoms. The molecule has 1 aromatic heterocycles. The van der Waals surface area contributed by atoms with Crippen molar-refractivity contribution in [2.45, 2.75) is 32.1 Å². The van der Waals surface area contributed by atoms with Crippen molar-refractivity contribution in [3.05, 3.63) is 76.9 Å². The highest BCUT2D eigenvalue weighted by molar-refractivity contribution is 6.31. The Kier molecular flexibility index (Phi) is 4.74. The first-order valence-electron chi connectivity index (χ1n) is 7.83. The Bertz CT molecular complexity index is 761. The monoisotopic (exact) mass is 309 g/mol. The van der Waals surface area contributed by atoms with E-state index in [2.05, 4.69) is 48.3 Å². The molecular formula is C20H20ClN. The zero-order chi connectivity index (χ0) is 15.4. The average Bonchev–Trinajstić information content (AvgIpc) is 2.55. The molecule has 112 valence electrons. The van der Waals surface area contributed by atoms with E-state index in [1.165, 1.54) is 16.5 Å². The van der Waals surface area contributed by atoms with Crippen LogP contribution in [0, 0.1) is 0 Å². The summed E-state index contributed by atoms with van der Waals surface area (Å²) in [5.74, 6) is 0.483. The number of hydrogen-bond donors (Lipinski definition) is 0. The molecule has 0 aliphatic heterocycles. The summed E-state index contributed by atoms with van der Waals surface area (Å²) >= 11 is 6.28. The number of fused-ring (bicyclic) bond motifs is 1. The van der Waals surface area contributed by atoms with Crippen molar-refractivity contribution in [3.63, 3.8) is 0 Å². The molecule has 0 aliphatic carbocycles. The van der Waals surface area contributed by atoms with E-state index in [-0.39, 0.29) is 0 Å². The molecule has 1 heterocycles. The second-order valence-electron chi connectivity index (χ2n) is 5.81. The van der Waals surface area contributed by atoms with Crippen LogP contribution in [0.5, 0.6) is 0 Å². The maximum Gasteiger partial charge on any atom is 0.0733 e. The third-order valence-electron chi connectivity index (χ3n) is 4.24. The molecule has 0 N–H and O–H groups in total. The molecule has 0 radical (unpaired) electrons. The van der Waals surface area contributed by atoms with Crippen LogP contribution in [0.25, 0.3) is 10.9 Å². The molecular weight excluding hydrogens is 290 g/mol. The first kappa shape index (κ1) is 15.1. The minimum atomic E-state index is 0.483. The van der Waals surface area contributed by atoms with Gasteiger partial charge in [-0.3, -0.25) is 4.98 Å². The Hall–Kier alpha value is -1.86. The predicted molar refractivity (Wildman–Crippen MR) is 94.5 cm³/mol. The van der Waals surface area contributed by atoms with E-state index >= 15 is 0 Å². The number of para-hydroxylation sites is 1. The highest BCUT2D eigenvalue weighted by Gasteiger charge is 2.09. The minimum Gasteiger partial charge on any atom is -0.256 e. The summed E-state index contributed by atoms with van der Waals surface area (Å²) < 4.78 is 0. The fourth-order valence-electron chi connectivity index (χ4n) is 3.00. The zero-order valence-electron chi connectivity index (χ0n) is 12.8. The molecule has 2 aromatic carbocycles. The largest absolute Gasteiger partial charge is 0.256 e.